The average molecular weight is 324 g/mol. The van der Waals surface area contributed by atoms with Crippen LogP contribution < -0.4 is 0 Å². The van der Waals surface area contributed by atoms with Crippen LogP contribution in [0.2, 0.25) is 0 Å². The van der Waals surface area contributed by atoms with Crippen molar-refractivity contribution in [1.29, 1.82) is 0 Å². The third-order valence-corrected chi connectivity index (χ3v) is 4.68. The van der Waals surface area contributed by atoms with Gasteiger partial charge in [-0.25, -0.2) is 4.68 Å². The molecular formula is C17H16N4OS. The van der Waals surface area contributed by atoms with E-state index in [-0.39, 0.29) is 5.91 Å². The van der Waals surface area contributed by atoms with Crippen LogP contribution in [0.5, 0.6) is 0 Å². The minimum atomic E-state index is -0.00690. The van der Waals surface area contributed by atoms with E-state index in [0.29, 0.717) is 18.3 Å². The second kappa shape index (κ2) is 5.96. The molecule has 2 heterocycles. The predicted octanol–water partition coefficient (Wildman–Crippen LogP) is 3.13. The number of nitrogens with zero attached hydrogens (tertiary/aromatic N) is 4. The minimum Gasteiger partial charge on any atom is -0.330 e. The van der Waals surface area contributed by atoms with Crippen molar-refractivity contribution in [3.63, 3.8) is 0 Å². The number of thiophene rings is 1. The van der Waals surface area contributed by atoms with Crippen LogP contribution in [0.15, 0.2) is 53.4 Å². The maximum atomic E-state index is 13.0. The summed E-state index contributed by atoms with van der Waals surface area (Å²) in [6.07, 6.45) is 3.70. The van der Waals surface area contributed by atoms with Gasteiger partial charge in [0.2, 0.25) is 0 Å². The Labute approximate surface area is 138 Å². The van der Waals surface area contributed by atoms with E-state index in [9.17, 15) is 4.79 Å². The molecular weight excluding hydrogens is 308 g/mol. The van der Waals surface area contributed by atoms with Gasteiger partial charge in [0.1, 0.15) is 0 Å². The number of aromatic nitrogens is 3. The molecule has 0 saturated heterocycles. The van der Waals surface area contributed by atoms with Gasteiger partial charge in [0.05, 0.1) is 11.9 Å². The maximum absolute atomic E-state index is 13.0. The van der Waals surface area contributed by atoms with Gasteiger partial charge in [-0.2, -0.15) is 11.3 Å². The number of benzene rings is 1. The van der Waals surface area contributed by atoms with Gasteiger partial charge in [-0.15, -0.1) is 5.10 Å². The molecule has 0 bridgehead atoms. The van der Waals surface area contributed by atoms with Crippen molar-refractivity contribution in [3.05, 3.63) is 64.6 Å². The average Bonchev–Trinajstić information content (AvgIpc) is 3.10. The molecule has 1 aliphatic rings. The van der Waals surface area contributed by atoms with Crippen LogP contribution in [0, 0.1) is 0 Å². The maximum Gasteiger partial charge on any atom is 0.274 e. The molecule has 6 heteroatoms. The first kappa shape index (κ1) is 14.1. The first-order valence-electron chi connectivity index (χ1n) is 7.61. The molecule has 1 amide bonds. The van der Waals surface area contributed by atoms with Crippen LogP contribution in [0.4, 0.5) is 0 Å². The fraction of sp³-hybridized carbons (Fsp3) is 0.235. The summed E-state index contributed by atoms with van der Waals surface area (Å²) < 4.78 is 1.62. The number of hydrogen-bond acceptors (Lipinski definition) is 4. The van der Waals surface area contributed by atoms with Crippen LogP contribution in [-0.4, -0.2) is 31.8 Å². The highest BCUT2D eigenvalue weighted by molar-refractivity contribution is 7.07. The molecule has 1 aromatic carbocycles. The normalized spacial score (nSPS) is 13.9. The van der Waals surface area contributed by atoms with E-state index in [4.69, 9.17) is 0 Å². The topological polar surface area (TPSA) is 51.0 Å². The number of carbonyl (C=O) groups is 1. The number of amides is 1. The van der Waals surface area contributed by atoms with Crippen molar-refractivity contribution in [2.75, 3.05) is 0 Å². The summed E-state index contributed by atoms with van der Waals surface area (Å²) in [6, 6.07) is 12.0. The Kier molecular flexibility index (Phi) is 3.67. The molecule has 4 rings (SSSR count). The van der Waals surface area contributed by atoms with Crippen LogP contribution >= 0.6 is 11.3 Å². The first-order chi connectivity index (χ1) is 11.3. The number of hydrogen-bond donors (Lipinski definition) is 0. The standard InChI is InChI=1S/C17H16N4OS/c22-17(20(14-6-7-14)11-13-8-9-23-12-13)16-10-18-19-21(16)15-4-2-1-3-5-15/h1-5,8-10,12,14H,6-7,11H2. The molecule has 23 heavy (non-hydrogen) atoms. The van der Waals surface area contributed by atoms with Crippen molar-refractivity contribution in [2.24, 2.45) is 0 Å². The minimum absolute atomic E-state index is 0.00690. The van der Waals surface area contributed by atoms with Gasteiger partial charge in [-0.1, -0.05) is 23.4 Å². The third-order valence-electron chi connectivity index (χ3n) is 3.95. The van der Waals surface area contributed by atoms with E-state index < -0.39 is 0 Å². The van der Waals surface area contributed by atoms with Crippen molar-refractivity contribution >= 4 is 17.2 Å². The fourth-order valence-electron chi connectivity index (χ4n) is 2.62. The molecule has 1 saturated carbocycles. The van der Waals surface area contributed by atoms with Crippen molar-refractivity contribution in [1.82, 2.24) is 19.9 Å². The lowest BCUT2D eigenvalue weighted by atomic mass is 10.2. The Morgan fingerprint density at radius 1 is 1.26 bits per heavy atom. The largest absolute Gasteiger partial charge is 0.330 e. The van der Waals surface area contributed by atoms with Crippen molar-refractivity contribution in [3.8, 4) is 5.69 Å². The molecule has 1 fully saturated rings. The summed E-state index contributed by atoms with van der Waals surface area (Å²) in [5.41, 5.74) is 2.53. The van der Waals surface area contributed by atoms with E-state index in [2.05, 4.69) is 21.8 Å². The Morgan fingerprint density at radius 3 is 2.78 bits per heavy atom. The van der Waals surface area contributed by atoms with Gasteiger partial charge in [0.15, 0.2) is 5.69 Å². The van der Waals surface area contributed by atoms with Crippen molar-refractivity contribution in [2.45, 2.75) is 25.4 Å². The number of para-hydroxylation sites is 1. The lowest BCUT2D eigenvalue weighted by molar-refractivity contribution is 0.0721. The Morgan fingerprint density at radius 2 is 2.09 bits per heavy atom. The smallest absolute Gasteiger partial charge is 0.274 e. The zero-order valence-corrected chi connectivity index (χ0v) is 13.3. The predicted molar refractivity (Wildman–Crippen MR) is 88.6 cm³/mol. The Bertz CT molecular complexity index is 793. The van der Waals surface area contributed by atoms with Gasteiger partial charge in [0, 0.05) is 12.6 Å². The molecule has 0 radical (unpaired) electrons. The lowest BCUT2D eigenvalue weighted by Gasteiger charge is -2.22. The first-order valence-corrected chi connectivity index (χ1v) is 8.55. The highest BCUT2D eigenvalue weighted by Crippen LogP contribution is 2.30. The van der Waals surface area contributed by atoms with Gasteiger partial charge >= 0.3 is 0 Å². The highest BCUT2D eigenvalue weighted by atomic mass is 32.1. The third kappa shape index (κ3) is 2.90. The second-order valence-electron chi connectivity index (χ2n) is 5.66. The molecule has 0 spiro atoms. The monoisotopic (exact) mass is 324 g/mol. The molecule has 1 aliphatic carbocycles. The lowest BCUT2D eigenvalue weighted by Crippen LogP contribution is -2.33. The van der Waals surface area contributed by atoms with Crippen LogP contribution in [0.25, 0.3) is 5.69 Å². The van der Waals surface area contributed by atoms with E-state index in [0.717, 1.165) is 18.5 Å². The summed E-state index contributed by atoms with van der Waals surface area (Å²) in [5, 5.41) is 12.2. The number of rotatable bonds is 5. The van der Waals surface area contributed by atoms with Gasteiger partial charge in [-0.05, 0) is 47.4 Å². The molecule has 0 atom stereocenters. The highest BCUT2D eigenvalue weighted by Gasteiger charge is 2.34. The summed E-state index contributed by atoms with van der Waals surface area (Å²) in [5.74, 6) is -0.00690. The second-order valence-corrected chi connectivity index (χ2v) is 6.44. The molecule has 5 nitrogen and oxygen atoms in total. The summed E-state index contributed by atoms with van der Waals surface area (Å²) in [6.45, 7) is 0.646. The van der Waals surface area contributed by atoms with Crippen LogP contribution in [0.3, 0.4) is 0 Å². The number of carbonyl (C=O) groups excluding carboxylic acids is 1. The molecule has 0 unspecified atom stereocenters. The van der Waals surface area contributed by atoms with E-state index in [1.165, 1.54) is 5.56 Å². The summed E-state index contributed by atoms with van der Waals surface area (Å²) in [4.78, 5) is 15.0. The van der Waals surface area contributed by atoms with Crippen LogP contribution in [-0.2, 0) is 6.54 Å². The SMILES string of the molecule is O=C(c1cnnn1-c1ccccc1)N(Cc1ccsc1)C1CC1. The summed E-state index contributed by atoms with van der Waals surface area (Å²) in [7, 11) is 0. The molecule has 3 aromatic rings. The molecule has 0 aliphatic heterocycles. The zero-order chi connectivity index (χ0) is 15.6. The van der Waals surface area contributed by atoms with Gasteiger partial charge < -0.3 is 4.90 Å². The van der Waals surface area contributed by atoms with E-state index in [1.54, 1.807) is 22.2 Å². The van der Waals surface area contributed by atoms with Gasteiger partial charge in [-0.3, -0.25) is 4.79 Å². The molecule has 0 N–H and O–H groups in total. The quantitative estimate of drug-likeness (QED) is 0.724. The Hall–Kier alpha value is -2.47. The van der Waals surface area contributed by atoms with Gasteiger partial charge in [0.25, 0.3) is 5.91 Å². The molecule has 116 valence electrons. The van der Waals surface area contributed by atoms with Crippen LogP contribution in [0.1, 0.15) is 28.9 Å². The van der Waals surface area contributed by atoms with Crippen molar-refractivity contribution < 1.29 is 4.79 Å². The zero-order valence-electron chi connectivity index (χ0n) is 12.5. The molecule has 2 aromatic heterocycles. The fourth-order valence-corrected chi connectivity index (χ4v) is 3.28. The summed E-state index contributed by atoms with van der Waals surface area (Å²) >= 11 is 1.66. The van der Waals surface area contributed by atoms with E-state index >= 15 is 0 Å². The Balaban J connectivity index is 1.64. The van der Waals surface area contributed by atoms with E-state index in [1.807, 2.05) is 40.6 Å².